The molecule has 0 heterocycles. The van der Waals surface area contributed by atoms with E-state index in [1.54, 1.807) is 0 Å². The zero-order valence-electron chi connectivity index (χ0n) is 9.71. The normalized spacial score (nSPS) is 20.1. The Morgan fingerprint density at radius 3 is 2.53 bits per heavy atom. The molecule has 0 spiro atoms. The van der Waals surface area contributed by atoms with E-state index >= 15 is 0 Å². The van der Waals surface area contributed by atoms with Gasteiger partial charge in [-0.2, -0.15) is 0 Å². The third kappa shape index (κ3) is 1.81. The van der Waals surface area contributed by atoms with Crippen LogP contribution in [0.25, 0.3) is 0 Å². The smallest absolute Gasteiger partial charge is 0.0795 e. The van der Waals surface area contributed by atoms with Gasteiger partial charge in [0.25, 0.3) is 0 Å². The van der Waals surface area contributed by atoms with E-state index in [9.17, 15) is 5.11 Å². The van der Waals surface area contributed by atoms with Gasteiger partial charge in [-0.15, -0.1) is 0 Å². The maximum absolute atomic E-state index is 10.1. The molecule has 1 aromatic rings. The lowest BCUT2D eigenvalue weighted by atomic mass is 9.82. The van der Waals surface area contributed by atoms with Crippen LogP contribution in [-0.2, 0) is 19.3 Å². The van der Waals surface area contributed by atoms with Crippen molar-refractivity contribution in [2.75, 3.05) is 0 Å². The van der Waals surface area contributed by atoms with Gasteiger partial charge in [0.2, 0.25) is 0 Å². The Morgan fingerprint density at radius 2 is 1.87 bits per heavy atom. The van der Waals surface area contributed by atoms with Gasteiger partial charge in [0.1, 0.15) is 0 Å². The molecule has 0 saturated carbocycles. The van der Waals surface area contributed by atoms with Gasteiger partial charge in [0, 0.05) is 0 Å². The molecule has 1 nitrogen and oxygen atoms in total. The third-order valence-electron chi connectivity index (χ3n) is 3.54. The lowest BCUT2D eigenvalue weighted by Gasteiger charge is -2.26. The Labute approximate surface area is 92.1 Å². The molecule has 1 heteroatoms. The minimum atomic E-state index is -0.213. The van der Waals surface area contributed by atoms with Crippen LogP contribution in [0, 0.1) is 0 Å². The van der Waals surface area contributed by atoms with Crippen LogP contribution in [0.15, 0.2) is 12.1 Å². The molecule has 0 bridgehead atoms. The van der Waals surface area contributed by atoms with Crippen LogP contribution in [0.5, 0.6) is 0 Å². The van der Waals surface area contributed by atoms with Crippen LogP contribution < -0.4 is 0 Å². The highest BCUT2D eigenvalue weighted by molar-refractivity contribution is 5.44. The van der Waals surface area contributed by atoms with Crippen molar-refractivity contribution in [2.45, 2.75) is 52.1 Å². The predicted molar refractivity (Wildman–Crippen MR) is 63.1 cm³/mol. The maximum Gasteiger partial charge on any atom is 0.0795 e. The van der Waals surface area contributed by atoms with Crippen LogP contribution in [0.1, 0.15) is 55.0 Å². The van der Waals surface area contributed by atoms with Gasteiger partial charge in [0.15, 0.2) is 0 Å². The first-order chi connectivity index (χ1) is 7.27. The fraction of sp³-hybridized carbons (Fsp3) is 0.571. The number of aryl methyl sites for hydroxylation is 2. The first-order valence-electron chi connectivity index (χ1n) is 6.09. The SMILES string of the molecule is CCc1ccc(CC)c2c1CCCC2O. The Bertz CT molecular complexity index is 355. The summed E-state index contributed by atoms with van der Waals surface area (Å²) in [5.41, 5.74) is 5.47. The largest absolute Gasteiger partial charge is 0.388 e. The van der Waals surface area contributed by atoms with Crippen molar-refractivity contribution in [1.82, 2.24) is 0 Å². The van der Waals surface area contributed by atoms with E-state index in [2.05, 4.69) is 26.0 Å². The van der Waals surface area contributed by atoms with E-state index in [4.69, 9.17) is 0 Å². The van der Waals surface area contributed by atoms with Gasteiger partial charge in [-0.1, -0.05) is 26.0 Å². The number of aliphatic hydroxyl groups is 1. The summed E-state index contributed by atoms with van der Waals surface area (Å²) in [6.45, 7) is 4.37. The van der Waals surface area contributed by atoms with Gasteiger partial charge in [-0.05, 0) is 54.4 Å². The fourth-order valence-corrected chi connectivity index (χ4v) is 2.72. The molecule has 0 radical (unpaired) electrons. The highest BCUT2D eigenvalue weighted by atomic mass is 16.3. The monoisotopic (exact) mass is 204 g/mol. The van der Waals surface area contributed by atoms with Crippen molar-refractivity contribution in [1.29, 1.82) is 0 Å². The Hall–Kier alpha value is -0.820. The van der Waals surface area contributed by atoms with Crippen molar-refractivity contribution >= 4 is 0 Å². The minimum Gasteiger partial charge on any atom is -0.388 e. The summed E-state index contributed by atoms with van der Waals surface area (Å²) in [7, 11) is 0. The van der Waals surface area contributed by atoms with E-state index < -0.39 is 0 Å². The Kier molecular flexibility index (Phi) is 3.11. The molecule has 0 amide bonds. The molecule has 82 valence electrons. The second kappa shape index (κ2) is 4.36. The first-order valence-corrected chi connectivity index (χ1v) is 6.09. The first kappa shape index (κ1) is 10.7. The van der Waals surface area contributed by atoms with Crippen LogP contribution in [0.2, 0.25) is 0 Å². The van der Waals surface area contributed by atoms with Crippen molar-refractivity contribution in [3.8, 4) is 0 Å². The third-order valence-corrected chi connectivity index (χ3v) is 3.54. The van der Waals surface area contributed by atoms with Crippen molar-refractivity contribution in [3.05, 3.63) is 34.4 Å². The Balaban J connectivity index is 2.56. The van der Waals surface area contributed by atoms with Gasteiger partial charge in [-0.25, -0.2) is 0 Å². The molecule has 1 aromatic carbocycles. The number of benzene rings is 1. The number of hydrogen-bond donors (Lipinski definition) is 1. The summed E-state index contributed by atoms with van der Waals surface area (Å²) in [6.07, 6.45) is 5.13. The molecule has 15 heavy (non-hydrogen) atoms. The highest BCUT2D eigenvalue weighted by Gasteiger charge is 2.22. The summed E-state index contributed by atoms with van der Waals surface area (Å²) in [5, 5.41) is 10.1. The molecule has 1 aliphatic carbocycles. The van der Waals surface area contributed by atoms with Crippen LogP contribution in [-0.4, -0.2) is 5.11 Å². The van der Waals surface area contributed by atoms with Gasteiger partial charge >= 0.3 is 0 Å². The number of hydrogen-bond acceptors (Lipinski definition) is 1. The summed E-state index contributed by atoms with van der Waals surface area (Å²) in [4.78, 5) is 0. The summed E-state index contributed by atoms with van der Waals surface area (Å²) < 4.78 is 0. The molecule has 2 rings (SSSR count). The van der Waals surface area contributed by atoms with E-state index in [1.165, 1.54) is 22.3 Å². The summed E-state index contributed by atoms with van der Waals surface area (Å²) in [6, 6.07) is 4.45. The number of aliphatic hydroxyl groups excluding tert-OH is 1. The standard InChI is InChI=1S/C14H20O/c1-3-10-8-9-11(4-2)14-12(10)6-5-7-13(14)15/h8-9,13,15H,3-7H2,1-2H3. The number of rotatable bonds is 2. The molecular weight excluding hydrogens is 184 g/mol. The van der Waals surface area contributed by atoms with E-state index in [0.717, 1.165) is 32.1 Å². The zero-order chi connectivity index (χ0) is 10.8. The molecular formula is C14H20O. The summed E-state index contributed by atoms with van der Waals surface area (Å²) in [5.74, 6) is 0. The average molecular weight is 204 g/mol. The number of fused-ring (bicyclic) bond motifs is 1. The zero-order valence-corrected chi connectivity index (χ0v) is 9.71. The van der Waals surface area contributed by atoms with Crippen LogP contribution in [0.4, 0.5) is 0 Å². The van der Waals surface area contributed by atoms with Crippen molar-refractivity contribution in [2.24, 2.45) is 0 Å². The fourth-order valence-electron chi connectivity index (χ4n) is 2.72. The molecule has 1 unspecified atom stereocenters. The lowest BCUT2D eigenvalue weighted by Crippen LogP contribution is -2.14. The van der Waals surface area contributed by atoms with Crippen molar-refractivity contribution < 1.29 is 5.11 Å². The van der Waals surface area contributed by atoms with Crippen LogP contribution in [0.3, 0.4) is 0 Å². The molecule has 0 fully saturated rings. The highest BCUT2D eigenvalue weighted by Crippen LogP contribution is 2.34. The molecule has 1 atom stereocenters. The maximum atomic E-state index is 10.1. The second-order valence-corrected chi connectivity index (χ2v) is 4.39. The van der Waals surface area contributed by atoms with Crippen LogP contribution >= 0.6 is 0 Å². The molecule has 0 aliphatic heterocycles. The minimum absolute atomic E-state index is 0.213. The van der Waals surface area contributed by atoms with Gasteiger partial charge in [0.05, 0.1) is 6.10 Å². The molecule has 1 N–H and O–H groups in total. The van der Waals surface area contributed by atoms with Crippen molar-refractivity contribution in [3.63, 3.8) is 0 Å². The van der Waals surface area contributed by atoms with E-state index in [-0.39, 0.29) is 6.10 Å². The summed E-state index contributed by atoms with van der Waals surface area (Å²) >= 11 is 0. The second-order valence-electron chi connectivity index (χ2n) is 4.39. The Morgan fingerprint density at radius 1 is 1.20 bits per heavy atom. The molecule has 0 aromatic heterocycles. The topological polar surface area (TPSA) is 20.2 Å². The van der Waals surface area contributed by atoms with Gasteiger partial charge < -0.3 is 5.11 Å². The lowest BCUT2D eigenvalue weighted by molar-refractivity contribution is 0.155. The van der Waals surface area contributed by atoms with Gasteiger partial charge in [-0.3, -0.25) is 0 Å². The molecule has 1 aliphatic rings. The van der Waals surface area contributed by atoms with E-state index in [0.29, 0.717) is 0 Å². The molecule has 0 saturated heterocycles. The quantitative estimate of drug-likeness (QED) is 0.784. The average Bonchev–Trinajstić information content (AvgIpc) is 2.28. The van der Waals surface area contributed by atoms with E-state index in [1.807, 2.05) is 0 Å². The predicted octanol–water partition coefficient (Wildman–Crippen LogP) is 3.18.